The van der Waals surface area contributed by atoms with Crippen LogP contribution < -0.4 is 0 Å². The van der Waals surface area contributed by atoms with E-state index in [9.17, 15) is 0 Å². The van der Waals surface area contributed by atoms with E-state index in [1.807, 2.05) is 201 Å². The van der Waals surface area contributed by atoms with E-state index in [0.29, 0.717) is 0 Å². The molecule has 0 atom stereocenters. The van der Waals surface area contributed by atoms with Gasteiger partial charge in [-0.25, -0.2) is 0 Å². The molecule has 0 unspecified atom stereocenters. The summed E-state index contributed by atoms with van der Waals surface area (Å²) in [6.07, 6.45) is 5.14. The Labute approximate surface area is 363 Å². The molecule has 0 aliphatic rings. The zero-order chi connectivity index (χ0) is 42.6. The van der Waals surface area contributed by atoms with Gasteiger partial charge in [-0.1, -0.05) is 254 Å². The van der Waals surface area contributed by atoms with Gasteiger partial charge < -0.3 is 23.3 Å². The number of hydrogen-bond acceptors (Lipinski definition) is 2. The average molecular weight is 816 g/mol. The molecule has 4 aromatic rings. The molecule has 0 aliphatic carbocycles. The van der Waals surface area contributed by atoms with Crippen LogP contribution in [-0.2, 0) is 42.2 Å². The van der Waals surface area contributed by atoms with E-state index >= 15 is 0 Å². The number of hydrogen-bond donors (Lipinski definition) is 0. The van der Waals surface area contributed by atoms with E-state index in [1.165, 1.54) is 25.7 Å². The van der Waals surface area contributed by atoms with Gasteiger partial charge in [0.05, 0.1) is 0 Å². The SMILES string of the molecule is CC.CC.CC.CCC.CCC.CCCC.CCOCC.COC.[CH2-]C.[CH2-]C.[Y].c1ccccc1.c1ccccc1.c1ccccc1.c1ccccc1. The minimum absolute atomic E-state index is 0. The third-order valence-electron chi connectivity index (χ3n) is 3.57. The van der Waals surface area contributed by atoms with Gasteiger partial charge in [0.1, 0.15) is 0 Å². The van der Waals surface area contributed by atoms with Crippen molar-refractivity contribution in [3.8, 4) is 0 Å². The second-order valence-corrected chi connectivity index (χ2v) is 8.22. The van der Waals surface area contributed by atoms with Crippen molar-refractivity contribution in [3.63, 3.8) is 0 Å². The van der Waals surface area contributed by atoms with Crippen LogP contribution in [-0.4, -0.2) is 27.4 Å². The first kappa shape index (κ1) is 79.6. The second kappa shape index (κ2) is 133. The van der Waals surface area contributed by atoms with Crippen molar-refractivity contribution < 1.29 is 42.2 Å². The van der Waals surface area contributed by atoms with Gasteiger partial charge in [0.15, 0.2) is 0 Å². The molecule has 0 fully saturated rings. The van der Waals surface area contributed by atoms with Gasteiger partial charge in [0, 0.05) is 60.1 Å². The summed E-state index contributed by atoms with van der Waals surface area (Å²) >= 11 is 0. The van der Waals surface area contributed by atoms with Crippen molar-refractivity contribution in [1.82, 2.24) is 0 Å². The predicted molar refractivity (Wildman–Crippen MR) is 249 cm³/mol. The fraction of sp³-hybridized carbons (Fsp3) is 0.480. The Bertz CT molecular complexity index is 545. The third kappa shape index (κ3) is 185. The molecule has 0 saturated carbocycles. The number of rotatable bonds is 3. The van der Waals surface area contributed by atoms with Gasteiger partial charge in [-0.15, -0.1) is 0 Å². The van der Waals surface area contributed by atoms with Crippen molar-refractivity contribution in [2.75, 3.05) is 27.4 Å². The van der Waals surface area contributed by atoms with E-state index in [1.54, 1.807) is 28.1 Å². The molecule has 0 spiro atoms. The normalized spacial score (nSPS) is 6.57. The number of methoxy groups -OCH3 is 1. The Hall–Kier alpha value is -2.10. The van der Waals surface area contributed by atoms with Gasteiger partial charge in [-0.05, 0) is 13.8 Å². The molecular weight excluding hydrogens is 721 g/mol. The van der Waals surface area contributed by atoms with Crippen LogP contribution in [0.15, 0.2) is 146 Å². The van der Waals surface area contributed by atoms with Crippen LogP contribution in [0.5, 0.6) is 0 Å². The summed E-state index contributed by atoms with van der Waals surface area (Å²) in [5, 5.41) is 0. The molecule has 0 aromatic heterocycles. The number of unbranched alkanes of at least 4 members (excludes halogenated alkanes) is 1. The van der Waals surface area contributed by atoms with E-state index in [0.717, 1.165) is 13.2 Å². The Morgan fingerprint density at radius 1 is 0.302 bits per heavy atom. The van der Waals surface area contributed by atoms with Gasteiger partial charge in [-0.2, -0.15) is 13.8 Å². The molecule has 0 saturated heterocycles. The molecule has 3 heteroatoms. The summed E-state index contributed by atoms with van der Waals surface area (Å²) in [4.78, 5) is 0. The van der Waals surface area contributed by atoms with Gasteiger partial charge in [-0.3, -0.25) is 0 Å². The molecular formula is C50H94O2Y-2. The smallest absolute Gasteiger partial charge is 0.0437 e. The minimum Gasteiger partial charge on any atom is -0.388 e. The maximum atomic E-state index is 4.83. The fourth-order valence-electron chi connectivity index (χ4n) is 1.74. The van der Waals surface area contributed by atoms with Gasteiger partial charge in [0.2, 0.25) is 0 Å². The Balaban J connectivity index is -0.0000000408. The number of ether oxygens (including phenoxy) is 2. The molecule has 2 nitrogen and oxygen atoms in total. The van der Waals surface area contributed by atoms with Crippen molar-refractivity contribution in [2.24, 2.45) is 0 Å². The Kier molecular flexibility index (Phi) is 200. The quantitative estimate of drug-likeness (QED) is 0.192. The first-order valence-electron chi connectivity index (χ1n) is 20.0. The predicted octanol–water partition coefficient (Wildman–Crippen LogP) is 17.4. The van der Waals surface area contributed by atoms with Crippen molar-refractivity contribution in [2.45, 2.75) is 136 Å². The molecule has 0 aliphatic heterocycles. The molecule has 1 radical (unpaired) electrons. The standard InChI is InChI=1S/4C6H6.C4H10O.C4H10.2C3H8.C2H6O.3C2H6.2C2H5.Y/c4*1-2-4-6-5-3-1;1-3-5-4-2;1-3-4-2;3*1-3-2;5*1-2;/h4*1-6H;3-4H2,1-2H3;3-4H2,1-2H3;2*3H2,1-2H3;1-2H3;3*1-2H3;2*1H2,2H3;/q;;;;;;;;;;;;2*-1;. The van der Waals surface area contributed by atoms with Crippen LogP contribution in [0, 0.1) is 13.8 Å². The molecule has 0 heterocycles. The maximum Gasteiger partial charge on any atom is 0.0437 e. The van der Waals surface area contributed by atoms with Crippen LogP contribution in [0.25, 0.3) is 0 Å². The average Bonchev–Trinajstić information content (AvgIpc) is 3.26. The van der Waals surface area contributed by atoms with E-state index in [-0.39, 0.29) is 32.7 Å². The third-order valence-corrected chi connectivity index (χ3v) is 3.57. The zero-order valence-corrected chi connectivity index (χ0v) is 41.7. The molecule has 4 aromatic carbocycles. The van der Waals surface area contributed by atoms with E-state index in [4.69, 9.17) is 4.74 Å². The molecule has 0 bridgehead atoms. The van der Waals surface area contributed by atoms with Crippen LogP contribution in [0.4, 0.5) is 0 Å². The largest absolute Gasteiger partial charge is 0.388 e. The van der Waals surface area contributed by atoms with Crippen LogP contribution in [0.1, 0.15) is 136 Å². The number of benzene rings is 4. The van der Waals surface area contributed by atoms with Crippen LogP contribution in [0.3, 0.4) is 0 Å². The Morgan fingerprint density at radius 3 is 0.396 bits per heavy atom. The first-order chi connectivity index (χ1) is 25.6. The fourth-order valence-corrected chi connectivity index (χ4v) is 1.74. The maximum absolute atomic E-state index is 4.83. The van der Waals surface area contributed by atoms with Crippen LogP contribution in [0.2, 0.25) is 0 Å². The monoisotopic (exact) mass is 816 g/mol. The summed E-state index contributed by atoms with van der Waals surface area (Å²) < 4.78 is 9.08. The summed E-state index contributed by atoms with van der Waals surface area (Å²) in [5.41, 5.74) is 0. The topological polar surface area (TPSA) is 18.5 Å². The second-order valence-electron chi connectivity index (χ2n) is 8.22. The zero-order valence-electron chi connectivity index (χ0n) is 38.9. The summed E-state index contributed by atoms with van der Waals surface area (Å²) in [7, 11) is 3.25. The molecule has 4 rings (SSSR count). The summed E-state index contributed by atoms with van der Waals surface area (Å²) in [6.45, 7) is 40.5. The van der Waals surface area contributed by atoms with Crippen molar-refractivity contribution in [1.29, 1.82) is 0 Å². The minimum atomic E-state index is 0. The van der Waals surface area contributed by atoms with E-state index < -0.39 is 0 Å². The summed E-state index contributed by atoms with van der Waals surface area (Å²) in [6, 6.07) is 48.0. The van der Waals surface area contributed by atoms with Gasteiger partial charge in [0.25, 0.3) is 0 Å². The van der Waals surface area contributed by atoms with Crippen molar-refractivity contribution in [3.05, 3.63) is 159 Å². The molecule has 53 heavy (non-hydrogen) atoms. The first-order valence-corrected chi connectivity index (χ1v) is 20.0. The molecule has 0 amide bonds. The van der Waals surface area contributed by atoms with Crippen molar-refractivity contribution >= 4 is 0 Å². The van der Waals surface area contributed by atoms with E-state index in [2.05, 4.69) is 60.1 Å². The van der Waals surface area contributed by atoms with Crippen LogP contribution >= 0.6 is 0 Å². The molecule has 311 valence electrons. The molecule has 0 N–H and O–H groups in total. The summed E-state index contributed by atoms with van der Waals surface area (Å²) in [5.74, 6) is 0. The van der Waals surface area contributed by atoms with Gasteiger partial charge >= 0.3 is 0 Å². The Morgan fingerprint density at radius 2 is 0.377 bits per heavy atom.